The highest BCUT2D eigenvalue weighted by atomic mass is 16.6. The third-order valence-corrected chi connectivity index (χ3v) is 7.78. The van der Waals surface area contributed by atoms with Crippen molar-refractivity contribution in [3.05, 3.63) is 119 Å². The topological polar surface area (TPSA) is 89.5 Å². The molecular formula is C37H38O8. The minimum Gasteiger partial charge on any atom is -0.493 e. The summed E-state index contributed by atoms with van der Waals surface area (Å²) in [5.41, 5.74) is 2.67. The van der Waals surface area contributed by atoms with E-state index in [1.807, 2.05) is 60.7 Å². The number of hydrogen-bond acceptors (Lipinski definition) is 8. The summed E-state index contributed by atoms with van der Waals surface area (Å²) in [7, 11) is 3.05. The summed E-state index contributed by atoms with van der Waals surface area (Å²) < 4.78 is 34.7. The molecule has 0 amide bonds. The first-order valence-corrected chi connectivity index (χ1v) is 15.0. The number of hydrogen-bond donors (Lipinski definition) is 0. The van der Waals surface area contributed by atoms with Gasteiger partial charge >= 0.3 is 11.9 Å². The molecule has 8 heteroatoms. The van der Waals surface area contributed by atoms with Crippen LogP contribution in [0.4, 0.5) is 0 Å². The van der Waals surface area contributed by atoms with Crippen LogP contribution in [0.15, 0.2) is 97.1 Å². The Morgan fingerprint density at radius 3 is 1.53 bits per heavy atom. The molecule has 0 aliphatic heterocycles. The Balaban J connectivity index is 1.23. The molecule has 4 aromatic carbocycles. The van der Waals surface area contributed by atoms with Crippen LogP contribution in [0.1, 0.15) is 58.0 Å². The third kappa shape index (κ3) is 8.35. The number of carbonyl (C=O) groups is 2. The van der Waals surface area contributed by atoms with Gasteiger partial charge in [-0.15, -0.1) is 0 Å². The number of esters is 2. The summed E-state index contributed by atoms with van der Waals surface area (Å²) in [5, 5.41) is 0. The van der Waals surface area contributed by atoms with Gasteiger partial charge in [-0.3, -0.25) is 0 Å². The minimum atomic E-state index is -0.597. The first kappa shape index (κ1) is 31.4. The Kier molecular flexibility index (Phi) is 10.6. The first-order valence-electron chi connectivity index (χ1n) is 15.0. The van der Waals surface area contributed by atoms with E-state index in [2.05, 4.69) is 6.92 Å². The SMILES string of the molecule is COc1cc(C(=O)OC2CCC(C)CC2OC(=O)c2ccc(OCc3ccccc3)c(OC)c2)ccc1OCc1ccccc1. The van der Waals surface area contributed by atoms with Crippen LogP contribution in [0.5, 0.6) is 23.0 Å². The van der Waals surface area contributed by atoms with Crippen molar-refractivity contribution >= 4 is 11.9 Å². The van der Waals surface area contributed by atoms with Gasteiger partial charge in [0, 0.05) is 0 Å². The standard InChI is InChI=1S/C37H38O8/c1-25-14-17-32(44-36(38)28-15-18-30(33(21-28)40-2)42-23-26-10-6-4-7-11-26)35(20-25)45-37(39)29-16-19-31(34(22-29)41-3)43-24-27-12-8-5-9-13-27/h4-13,15-16,18-19,21-22,25,32,35H,14,17,20,23-24H2,1-3H3. The van der Waals surface area contributed by atoms with Crippen molar-refractivity contribution in [3.63, 3.8) is 0 Å². The largest absolute Gasteiger partial charge is 0.493 e. The fourth-order valence-electron chi connectivity index (χ4n) is 5.27. The lowest BCUT2D eigenvalue weighted by molar-refractivity contribution is -0.0594. The van der Waals surface area contributed by atoms with Gasteiger partial charge in [-0.2, -0.15) is 0 Å². The van der Waals surface area contributed by atoms with E-state index in [9.17, 15) is 9.59 Å². The molecule has 0 spiro atoms. The lowest BCUT2D eigenvalue weighted by Gasteiger charge is -2.33. The molecular weight excluding hydrogens is 572 g/mol. The molecule has 0 aromatic heterocycles. The zero-order valence-electron chi connectivity index (χ0n) is 25.8. The van der Waals surface area contributed by atoms with Crippen LogP contribution in [-0.4, -0.2) is 38.4 Å². The smallest absolute Gasteiger partial charge is 0.338 e. The average molecular weight is 611 g/mol. The van der Waals surface area contributed by atoms with Gasteiger partial charge in [-0.05, 0) is 72.7 Å². The summed E-state index contributed by atoms with van der Waals surface area (Å²) in [5.74, 6) is 1.14. The van der Waals surface area contributed by atoms with Crippen LogP contribution in [0.3, 0.4) is 0 Å². The molecule has 45 heavy (non-hydrogen) atoms. The van der Waals surface area contributed by atoms with E-state index in [-0.39, 0.29) is 0 Å². The van der Waals surface area contributed by atoms with Crippen LogP contribution in [-0.2, 0) is 22.7 Å². The zero-order chi connectivity index (χ0) is 31.6. The van der Waals surface area contributed by atoms with E-state index in [1.54, 1.807) is 36.4 Å². The molecule has 4 aromatic rings. The normalized spacial score (nSPS) is 17.5. The van der Waals surface area contributed by atoms with E-state index < -0.39 is 24.1 Å². The van der Waals surface area contributed by atoms with Gasteiger partial charge in [0.05, 0.1) is 25.3 Å². The summed E-state index contributed by atoms with van der Waals surface area (Å²) in [4.78, 5) is 26.5. The summed E-state index contributed by atoms with van der Waals surface area (Å²) in [6.45, 7) is 2.83. The van der Waals surface area contributed by atoms with Gasteiger partial charge in [-0.25, -0.2) is 9.59 Å². The predicted molar refractivity (Wildman–Crippen MR) is 169 cm³/mol. The summed E-state index contributed by atoms with van der Waals surface area (Å²) in [6, 6.07) is 29.4. The van der Waals surface area contributed by atoms with Crippen LogP contribution < -0.4 is 18.9 Å². The molecule has 8 nitrogen and oxygen atoms in total. The Hall–Kier alpha value is -4.98. The highest BCUT2D eigenvalue weighted by Crippen LogP contribution is 2.33. The molecule has 0 radical (unpaired) electrons. The Morgan fingerprint density at radius 2 is 1.07 bits per heavy atom. The van der Waals surface area contributed by atoms with Crippen LogP contribution >= 0.6 is 0 Å². The summed E-state index contributed by atoms with van der Waals surface area (Å²) >= 11 is 0. The molecule has 0 heterocycles. The number of methoxy groups -OCH3 is 2. The van der Waals surface area contributed by atoms with Crippen LogP contribution in [0.2, 0.25) is 0 Å². The second kappa shape index (κ2) is 15.1. The van der Waals surface area contributed by atoms with Crippen molar-refractivity contribution in [1.82, 2.24) is 0 Å². The second-order valence-corrected chi connectivity index (χ2v) is 11.1. The monoisotopic (exact) mass is 610 g/mol. The van der Waals surface area contributed by atoms with Gasteiger partial charge < -0.3 is 28.4 Å². The quantitative estimate of drug-likeness (QED) is 0.153. The molecule has 1 aliphatic rings. The summed E-state index contributed by atoms with van der Waals surface area (Å²) in [6.07, 6.45) is 0.821. The maximum Gasteiger partial charge on any atom is 0.338 e. The number of benzene rings is 4. The second-order valence-electron chi connectivity index (χ2n) is 11.1. The zero-order valence-corrected chi connectivity index (χ0v) is 25.8. The van der Waals surface area contributed by atoms with Crippen LogP contribution in [0, 0.1) is 5.92 Å². The Morgan fingerprint density at radius 1 is 0.600 bits per heavy atom. The van der Waals surface area contributed by atoms with E-state index in [0.717, 1.165) is 17.5 Å². The molecule has 0 saturated heterocycles. The van der Waals surface area contributed by atoms with E-state index in [1.165, 1.54) is 14.2 Å². The predicted octanol–water partition coefficient (Wildman–Crippen LogP) is 7.43. The van der Waals surface area contributed by atoms with E-state index >= 15 is 0 Å². The molecule has 3 atom stereocenters. The molecule has 5 rings (SSSR count). The lowest BCUT2D eigenvalue weighted by atomic mass is 9.86. The maximum absolute atomic E-state index is 13.3. The number of ether oxygens (including phenoxy) is 6. The van der Waals surface area contributed by atoms with Crippen molar-refractivity contribution < 1.29 is 38.0 Å². The van der Waals surface area contributed by atoms with Crippen molar-refractivity contribution in [2.45, 2.75) is 51.6 Å². The highest BCUT2D eigenvalue weighted by molar-refractivity contribution is 5.91. The third-order valence-electron chi connectivity index (χ3n) is 7.78. The van der Waals surface area contributed by atoms with Gasteiger partial charge in [-0.1, -0.05) is 67.6 Å². The van der Waals surface area contributed by atoms with Crippen molar-refractivity contribution in [3.8, 4) is 23.0 Å². The molecule has 3 unspecified atom stereocenters. The minimum absolute atomic E-state index is 0.308. The van der Waals surface area contributed by atoms with Gasteiger partial charge in [0.25, 0.3) is 0 Å². The highest BCUT2D eigenvalue weighted by Gasteiger charge is 2.35. The van der Waals surface area contributed by atoms with E-state index in [4.69, 9.17) is 28.4 Å². The molecule has 0 N–H and O–H groups in total. The van der Waals surface area contributed by atoms with E-state index in [0.29, 0.717) is 66.1 Å². The molecule has 234 valence electrons. The van der Waals surface area contributed by atoms with Gasteiger partial charge in [0.15, 0.2) is 23.0 Å². The van der Waals surface area contributed by atoms with Gasteiger partial charge in [0.2, 0.25) is 0 Å². The first-order chi connectivity index (χ1) is 21.9. The maximum atomic E-state index is 13.3. The average Bonchev–Trinajstić information content (AvgIpc) is 3.08. The van der Waals surface area contributed by atoms with Crippen LogP contribution in [0.25, 0.3) is 0 Å². The Bertz CT molecular complexity index is 1570. The molecule has 1 aliphatic carbocycles. The van der Waals surface area contributed by atoms with Crippen molar-refractivity contribution in [1.29, 1.82) is 0 Å². The Labute approximate surface area is 263 Å². The van der Waals surface area contributed by atoms with Gasteiger partial charge in [0.1, 0.15) is 25.4 Å². The number of rotatable bonds is 12. The number of carbonyl (C=O) groups excluding carboxylic acids is 2. The van der Waals surface area contributed by atoms with Crippen molar-refractivity contribution in [2.75, 3.05) is 14.2 Å². The fraction of sp³-hybridized carbons (Fsp3) is 0.297. The van der Waals surface area contributed by atoms with Crippen molar-refractivity contribution in [2.24, 2.45) is 5.92 Å². The molecule has 0 bridgehead atoms. The molecule has 1 saturated carbocycles. The fourth-order valence-corrected chi connectivity index (χ4v) is 5.27. The molecule has 1 fully saturated rings. The lowest BCUT2D eigenvalue weighted by Crippen LogP contribution is -2.40.